The molecule has 0 aliphatic heterocycles. The molecule has 0 amide bonds. The number of rotatable bonds is 5. The van der Waals surface area contributed by atoms with E-state index in [1.54, 1.807) is 0 Å². The second-order valence-corrected chi connectivity index (χ2v) is 5.70. The van der Waals surface area contributed by atoms with E-state index < -0.39 is 0 Å². The number of hydrogen-bond acceptors (Lipinski definition) is 3. The van der Waals surface area contributed by atoms with Crippen LogP contribution in [0.4, 0.5) is 5.69 Å². The van der Waals surface area contributed by atoms with Crippen LogP contribution in [0, 0.1) is 5.41 Å². The van der Waals surface area contributed by atoms with Crippen molar-refractivity contribution >= 4 is 5.69 Å². The molecule has 3 heteroatoms. The van der Waals surface area contributed by atoms with Gasteiger partial charge in [0, 0.05) is 32.0 Å². The molecule has 1 aromatic heterocycles. The highest BCUT2D eigenvalue weighted by molar-refractivity contribution is 5.45. The molecule has 0 atom stereocenters. The van der Waals surface area contributed by atoms with Crippen LogP contribution in [-0.2, 0) is 6.54 Å². The zero-order chi connectivity index (χ0) is 12.9. The van der Waals surface area contributed by atoms with Crippen molar-refractivity contribution in [3.8, 4) is 0 Å². The Balaban J connectivity index is 2.70. The van der Waals surface area contributed by atoms with E-state index in [2.05, 4.69) is 62.1 Å². The number of nitrogens with zero attached hydrogens (tertiary/aromatic N) is 2. The van der Waals surface area contributed by atoms with Gasteiger partial charge in [0.1, 0.15) is 0 Å². The largest absolute Gasteiger partial charge is 0.374 e. The highest BCUT2D eigenvalue weighted by Crippen LogP contribution is 2.20. The third kappa shape index (κ3) is 5.18. The molecule has 0 radical (unpaired) electrons. The van der Waals surface area contributed by atoms with Crippen molar-refractivity contribution in [3.05, 3.63) is 24.0 Å². The van der Waals surface area contributed by atoms with Crippen LogP contribution in [0.15, 0.2) is 18.3 Å². The van der Waals surface area contributed by atoms with Gasteiger partial charge < -0.3 is 10.2 Å². The molecule has 17 heavy (non-hydrogen) atoms. The van der Waals surface area contributed by atoms with Crippen LogP contribution >= 0.6 is 0 Å². The van der Waals surface area contributed by atoms with Crippen molar-refractivity contribution in [2.45, 2.75) is 34.2 Å². The standard InChI is InChI=1S/C14H25N3/c1-6-15-10-12-9-13(7-8-16-12)17(5)11-14(2,3)4/h7-9,15H,6,10-11H2,1-5H3. The molecule has 0 bridgehead atoms. The fraction of sp³-hybridized carbons (Fsp3) is 0.643. The SMILES string of the molecule is CCNCc1cc(N(C)CC(C)(C)C)ccn1. The average Bonchev–Trinajstić information content (AvgIpc) is 2.24. The lowest BCUT2D eigenvalue weighted by molar-refractivity contribution is 0.419. The van der Waals surface area contributed by atoms with Crippen LogP contribution in [0.25, 0.3) is 0 Å². The molecule has 96 valence electrons. The molecule has 0 aromatic carbocycles. The van der Waals surface area contributed by atoms with Gasteiger partial charge in [0.15, 0.2) is 0 Å². The highest BCUT2D eigenvalue weighted by atomic mass is 15.1. The molecule has 0 saturated heterocycles. The number of anilines is 1. The Bertz CT molecular complexity index is 342. The minimum atomic E-state index is 0.305. The van der Waals surface area contributed by atoms with Gasteiger partial charge in [0.2, 0.25) is 0 Å². The van der Waals surface area contributed by atoms with E-state index >= 15 is 0 Å². The fourth-order valence-corrected chi connectivity index (χ4v) is 1.86. The van der Waals surface area contributed by atoms with Crippen molar-refractivity contribution in [2.24, 2.45) is 5.41 Å². The average molecular weight is 235 g/mol. The third-order valence-electron chi connectivity index (χ3n) is 2.51. The topological polar surface area (TPSA) is 28.2 Å². The Kier molecular flexibility index (Phi) is 4.94. The number of pyridine rings is 1. The number of aromatic nitrogens is 1. The summed E-state index contributed by atoms with van der Waals surface area (Å²) in [6.45, 7) is 11.7. The first kappa shape index (κ1) is 14.0. The van der Waals surface area contributed by atoms with E-state index in [0.29, 0.717) is 5.41 Å². The Morgan fingerprint density at radius 3 is 2.65 bits per heavy atom. The predicted octanol–water partition coefficient (Wildman–Crippen LogP) is 2.67. The molecule has 1 N–H and O–H groups in total. The van der Waals surface area contributed by atoms with Gasteiger partial charge in [-0.25, -0.2) is 0 Å². The number of hydrogen-bond donors (Lipinski definition) is 1. The van der Waals surface area contributed by atoms with Crippen LogP contribution in [0.1, 0.15) is 33.4 Å². The number of nitrogens with one attached hydrogen (secondary N) is 1. The maximum atomic E-state index is 4.37. The highest BCUT2D eigenvalue weighted by Gasteiger charge is 2.14. The monoisotopic (exact) mass is 235 g/mol. The zero-order valence-electron chi connectivity index (χ0n) is 11.7. The molecule has 0 saturated carbocycles. The van der Waals surface area contributed by atoms with Gasteiger partial charge in [-0.15, -0.1) is 0 Å². The molecular formula is C14H25N3. The summed E-state index contributed by atoms with van der Waals surface area (Å²) >= 11 is 0. The van der Waals surface area contributed by atoms with E-state index in [1.165, 1.54) is 5.69 Å². The lowest BCUT2D eigenvalue weighted by Gasteiger charge is -2.28. The third-order valence-corrected chi connectivity index (χ3v) is 2.51. The van der Waals surface area contributed by atoms with E-state index in [1.807, 2.05) is 6.20 Å². The normalized spacial score (nSPS) is 11.6. The predicted molar refractivity (Wildman–Crippen MR) is 74.3 cm³/mol. The quantitative estimate of drug-likeness (QED) is 0.850. The van der Waals surface area contributed by atoms with Crippen LogP contribution < -0.4 is 10.2 Å². The summed E-state index contributed by atoms with van der Waals surface area (Å²) in [6, 6.07) is 4.23. The van der Waals surface area contributed by atoms with Crippen LogP contribution in [0.5, 0.6) is 0 Å². The van der Waals surface area contributed by atoms with Gasteiger partial charge in [0.05, 0.1) is 5.69 Å². The second-order valence-electron chi connectivity index (χ2n) is 5.70. The van der Waals surface area contributed by atoms with Gasteiger partial charge in [-0.2, -0.15) is 0 Å². The molecule has 0 unspecified atom stereocenters. The Morgan fingerprint density at radius 2 is 2.06 bits per heavy atom. The summed E-state index contributed by atoms with van der Waals surface area (Å²) in [7, 11) is 2.14. The first-order chi connectivity index (χ1) is 7.92. The Hall–Kier alpha value is -1.09. The first-order valence-electron chi connectivity index (χ1n) is 6.29. The summed E-state index contributed by atoms with van der Waals surface area (Å²) in [5.41, 5.74) is 2.65. The second kappa shape index (κ2) is 6.01. The Labute approximate surface area is 105 Å². The summed E-state index contributed by atoms with van der Waals surface area (Å²) in [4.78, 5) is 6.66. The molecular weight excluding hydrogens is 210 g/mol. The molecule has 0 aliphatic carbocycles. The maximum Gasteiger partial charge on any atom is 0.0562 e. The van der Waals surface area contributed by atoms with Gasteiger partial charge in [0.25, 0.3) is 0 Å². The molecule has 3 nitrogen and oxygen atoms in total. The minimum absolute atomic E-state index is 0.305. The summed E-state index contributed by atoms with van der Waals surface area (Å²) < 4.78 is 0. The minimum Gasteiger partial charge on any atom is -0.374 e. The van der Waals surface area contributed by atoms with E-state index in [0.717, 1.165) is 25.3 Å². The van der Waals surface area contributed by atoms with Crippen LogP contribution in [0.3, 0.4) is 0 Å². The summed E-state index contributed by atoms with van der Waals surface area (Å²) in [5, 5.41) is 3.30. The molecule has 0 fully saturated rings. The first-order valence-corrected chi connectivity index (χ1v) is 6.29. The summed E-state index contributed by atoms with van der Waals surface area (Å²) in [5.74, 6) is 0. The van der Waals surface area contributed by atoms with E-state index in [-0.39, 0.29) is 0 Å². The summed E-state index contributed by atoms with van der Waals surface area (Å²) in [6.07, 6.45) is 1.89. The van der Waals surface area contributed by atoms with E-state index in [9.17, 15) is 0 Å². The van der Waals surface area contributed by atoms with Gasteiger partial charge in [-0.3, -0.25) is 4.98 Å². The van der Waals surface area contributed by atoms with Crippen molar-refractivity contribution < 1.29 is 0 Å². The maximum absolute atomic E-state index is 4.37. The smallest absolute Gasteiger partial charge is 0.0562 e. The lowest BCUT2D eigenvalue weighted by Crippen LogP contribution is -2.29. The lowest BCUT2D eigenvalue weighted by atomic mass is 9.96. The molecule has 0 aliphatic rings. The molecule has 1 heterocycles. The van der Waals surface area contributed by atoms with Crippen LogP contribution in [0.2, 0.25) is 0 Å². The van der Waals surface area contributed by atoms with Gasteiger partial charge >= 0.3 is 0 Å². The molecule has 1 rings (SSSR count). The van der Waals surface area contributed by atoms with Gasteiger partial charge in [-0.1, -0.05) is 27.7 Å². The van der Waals surface area contributed by atoms with Crippen molar-refractivity contribution in [1.29, 1.82) is 0 Å². The molecule has 0 spiro atoms. The van der Waals surface area contributed by atoms with E-state index in [4.69, 9.17) is 0 Å². The van der Waals surface area contributed by atoms with Crippen molar-refractivity contribution in [1.82, 2.24) is 10.3 Å². The van der Waals surface area contributed by atoms with Gasteiger partial charge in [-0.05, 0) is 24.1 Å². The molecule has 1 aromatic rings. The Morgan fingerprint density at radius 1 is 1.35 bits per heavy atom. The van der Waals surface area contributed by atoms with Crippen LogP contribution in [-0.4, -0.2) is 25.1 Å². The van der Waals surface area contributed by atoms with Crippen molar-refractivity contribution in [3.63, 3.8) is 0 Å². The fourth-order valence-electron chi connectivity index (χ4n) is 1.86. The van der Waals surface area contributed by atoms with Crippen molar-refractivity contribution in [2.75, 3.05) is 25.0 Å². The zero-order valence-corrected chi connectivity index (χ0v) is 11.7.